The fraction of sp³-hybridized carbons (Fsp3) is 0.188. The van der Waals surface area contributed by atoms with Gasteiger partial charge >= 0.3 is 5.97 Å². The summed E-state index contributed by atoms with van der Waals surface area (Å²) in [5, 5.41) is 18.7. The number of carboxylic acids is 1. The Balaban J connectivity index is 1.26. The number of carbonyl (C=O) groups excluding carboxylic acids is 1. The number of carboxylic acid groups (broad SMARTS) is 1. The van der Waals surface area contributed by atoms with E-state index in [-0.39, 0.29) is 11.8 Å². The van der Waals surface area contributed by atoms with Crippen molar-refractivity contribution in [1.82, 2.24) is 15.5 Å². The summed E-state index contributed by atoms with van der Waals surface area (Å²) in [5.41, 5.74) is 3.81. The third-order valence-electron chi connectivity index (χ3n) is 6.69. The van der Waals surface area contributed by atoms with Gasteiger partial charge in [0.15, 0.2) is 0 Å². The van der Waals surface area contributed by atoms with Crippen molar-refractivity contribution in [2.24, 2.45) is 0 Å². The molecule has 7 nitrogen and oxygen atoms in total. The number of nitrogens with one attached hydrogen (secondary N) is 1. The Morgan fingerprint density at radius 2 is 1.54 bits per heavy atom. The first-order valence-electron chi connectivity index (χ1n) is 12.7. The number of hydrogen-bond acceptors (Lipinski definition) is 5. The van der Waals surface area contributed by atoms with Crippen molar-refractivity contribution in [3.63, 3.8) is 0 Å². The fourth-order valence-corrected chi connectivity index (χ4v) is 4.37. The topological polar surface area (TPSA) is 105 Å². The Morgan fingerprint density at radius 1 is 0.872 bits per heavy atom. The number of aliphatic carboxylic acids is 1. The number of hydrogen-bond donors (Lipinski definition) is 2. The maximum absolute atomic E-state index is 12.7. The van der Waals surface area contributed by atoms with E-state index in [0.29, 0.717) is 17.3 Å². The minimum absolute atomic E-state index is 0.0374. The first-order valence-corrected chi connectivity index (χ1v) is 12.7. The molecule has 196 valence electrons. The molecule has 0 spiro atoms. The van der Waals surface area contributed by atoms with E-state index in [0.717, 1.165) is 33.0 Å². The highest BCUT2D eigenvalue weighted by Crippen LogP contribution is 2.26. The van der Waals surface area contributed by atoms with E-state index >= 15 is 0 Å². The molecule has 5 aromatic rings. The highest BCUT2D eigenvalue weighted by molar-refractivity contribution is 5.96. The molecule has 0 aliphatic carbocycles. The van der Waals surface area contributed by atoms with Gasteiger partial charge in [-0.2, -0.15) is 4.98 Å². The molecule has 0 fully saturated rings. The zero-order valence-corrected chi connectivity index (χ0v) is 22.0. The number of carbonyl (C=O) groups is 2. The number of benzene rings is 4. The molecule has 0 aliphatic heterocycles. The number of fused-ring (bicyclic) bond motifs is 1. The van der Waals surface area contributed by atoms with Gasteiger partial charge in [0.05, 0.1) is 0 Å². The molecule has 0 aliphatic rings. The van der Waals surface area contributed by atoms with Crippen LogP contribution in [0, 0.1) is 0 Å². The molecule has 5 rings (SSSR count). The van der Waals surface area contributed by atoms with Gasteiger partial charge in [-0.25, -0.2) is 4.79 Å². The van der Waals surface area contributed by atoms with Crippen LogP contribution in [0.3, 0.4) is 0 Å². The smallest absolute Gasteiger partial charge is 0.326 e. The first-order chi connectivity index (χ1) is 18.7. The molecule has 0 radical (unpaired) electrons. The third kappa shape index (κ3) is 5.88. The van der Waals surface area contributed by atoms with Gasteiger partial charge in [-0.05, 0) is 51.6 Å². The number of nitrogens with zero attached hydrogens (tertiary/aromatic N) is 2. The molecule has 7 heteroatoms. The molecule has 0 bridgehead atoms. The van der Waals surface area contributed by atoms with Crippen LogP contribution in [0.5, 0.6) is 0 Å². The molecular formula is C32H29N3O4. The van der Waals surface area contributed by atoms with Crippen LogP contribution in [0.25, 0.3) is 33.6 Å². The van der Waals surface area contributed by atoms with E-state index in [1.54, 1.807) is 12.1 Å². The van der Waals surface area contributed by atoms with E-state index in [4.69, 9.17) is 4.52 Å². The molecule has 1 heterocycles. The second kappa shape index (κ2) is 10.5. The van der Waals surface area contributed by atoms with Gasteiger partial charge in [0, 0.05) is 23.1 Å². The average Bonchev–Trinajstić information content (AvgIpc) is 3.43. The minimum atomic E-state index is -1.10. The van der Waals surface area contributed by atoms with Crippen LogP contribution in [0.2, 0.25) is 0 Å². The molecule has 0 unspecified atom stereocenters. The summed E-state index contributed by atoms with van der Waals surface area (Å²) in [6, 6.07) is 27.4. The van der Waals surface area contributed by atoms with Gasteiger partial charge < -0.3 is 14.9 Å². The SMILES string of the molecule is CC(C)(C)c1ccc(C(=O)N[C@@H](Cc2ccc(-c3noc(-c4ccc5ccccc5c4)n3)cc2)C(=O)O)cc1. The fourth-order valence-electron chi connectivity index (χ4n) is 4.37. The van der Waals surface area contributed by atoms with E-state index in [9.17, 15) is 14.7 Å². The maximum Gasteiger partial charge on any atom is 0.326 e. The van der Waals surface area contributed by atoms with Crippen molar-refractivity contribution in [1.29, 1.82) is 0 Å². The van der Waals surface area contributed by atoms with Crippen LogP contribution in [-0.2, 0) is 16.6 Å². The van der Waals surface area contributed by atoms with Gasteiger partial charge in [-0.1, -0.05) is 92.7 Å². The normalized spacial score (nSPS) is 12.3. The molecule has 1 atom stereocenters. The van der Waals surface area contributed by atoms with Crippen molar-refractivity contribution < 1.29 is 19.2 Å². The van der Waals surface area contributed by atoms with Crippen LogP contribution in [0.15, 0.2) is 95.5 Å². The highest BCUT2D eigenvalue weighted by atomic mass is 16.5. The summed E-state index contributed by atoms with van der Waals surface area (Å²) in [5.74, 6) is -0.667. The summed E-state index contributed by atoms with van der Waals surface area (Å²) >= 11 is 0. The Kier molecular flexibility index (Phi) is 6.98. The van der Waals surface area contributed by atoms with Crippen LogP contribution < -0.4 is 5.32 Å². The monoisotopic (exact) mass is 519 g/mol. The van der Waals surface area contributed by atoms with E-state index < -0.39 is 17.9 Å². The van der Waals surface area contributed by atoms with Crippen molar-refractivity contribution in [3.8, 4) is 22.8 Å². The van der Waals surface area contributed by atoms with Crippen molar-refractivity contribution in [2.45, 2.75) is 38.6 Å². The van der Waals surface area contributed by atoms with Crippen LogP contribution in [0.4, 0.5) is 0 Å². The summed E-state index contributed by atoms with van der Waals surface area (Å²) in [6.45, 7) is 6.28. The Morgan fingerprint density at radius 3 is 2.21 bits per heavy atom. The van der Waals surface area contributed by atoms with Gasteiger partial charge in [0.2, 0.25) is 5.82 Å². The van der Waals surface area contributed by atoms with Crippen molar-refractivity contribution in [3.05, 3.63) is 108 Å². The lowest BCUT2D eigenvalue weighted by molar-refractivity contribution is -0.139. The van der Waals surface area contributed by atoms with Crippen LogP contribution in [-0.4, -0.2) is 33.2 Å². The maximum atomic E-state index is 12.7. The van der Waals surface area contributed by atoms with Gasteiger partial charge in [0.25, 0.3) is 11.8 Å². The molecule has 1 aromatic heterocycles. The summed E-state index contributed by atoms with van der Waals surface area (Å²) in [6.07, 6.45) is 0.135. The predicted octanol–water partition coefficient (Wildman–Crippen LogP) is 6.28. The van der Waals surface area contributed by atoms with E-state index in [1.807, 2.05) is 78.9 Å². The number of amides is 1. The molecule has 4 aromatic carbocycles. The molecule has 0 saturated carbocycles. The quantitative estimate of drug-likeness (QED) is 0.262. The minimum Gasteiger partial charge on any atom is -0.480 e. The molecule has 1 amide bonds. The molecule has 0 saturated heterocycles. The number of aromatic nitrogens is 2. The average molecular weight is 520 g/mol. The number of rotatable bonds is 7. The summed E-state index contributed by atoms with van der Waals surface area (Å²) in [7, 11) is 0. The Labute approximate surface area is 226 Å². The van der Waals surface area contributed by atoms with Gasteiger partial charge in [0.1, 0.15) is 6.04 Å². The Hall–Kier alpha value is -4.78. The zero-order chi connectivity index (χ0) is 27.6. The largest absolute Gasteiger partial charge is 0.480 e. The molecular weight excluding hydrogens is 490 g/mol. The summed E-state index contributed by atoms with van der Waals surface area (Å²) < 4.78 is 5.51. The standard InChI is InChI=1S/C32H29N3O4/c1-32(2,3)26-16-14-23(15-17-26)29(36)33-27(31(37)38)18-20-8-10-22(11-9-20)28-34-30(39-35-28)25-13-12-21-6-4-5-7-24(21)19-25/h4-17,19,27H,18H2,1-3H3,(H,33,36)(H,37,38)/t27-/m0/s1. The predicted molar refractivity (Wildman–Crippen MR) is 150 cm³/mol. The van der Waals surface area contributed by atoms with E-state index in [2.05, 4.69) is 36.2 Å². The second-order valence-electron chi connectivity index (χ2n) is 10.6. The van der Waals surface area contributed by atoms with Crippen molar-refractivity contribution in [2.75, 3.05) is 0 Å². The Bertz CT molecular complexity index is 1630. The van der Waals surface area contributed by atoms with Crippen LogP contribution in [0.1, 0.15) is 42.3 Å². The highest BCUT2D eigenvalue weighted by Gasteiger charge is 2.22. The first kappa shape index (κ1) is 25.9. The third-order valence-corrected chi connectivity index (χ3v) is 6.69. The lowest BCUT2D eigenvalue weighted by Crippen LogP contribution is -2.42. The van der Waals surface area contributed by atoms with Crippen LogP contribution >= 0.6 is 0 Å². The molecule has 39 heavy (non-hydrogen) atoms. The molecule has 2 N–H and O–H groups in total. The van der Waals surface area contributed by atoms with Gasteiger partial charge in [-0.15, -0.1) is 0 Å². The zero-order valence-electron chi connectivity index (χ0n) is 22.0. The summed E-state index contributed by atoms with van der Waals surface area (Å²) in [4.78, 5) is 29.2. The lowest BCUT2D eigenvalue weighted by Gasteiger charge is -2.19. The van der Waals surface area contributed by atoms with Gasteiger partial charge in [-0.3, -0.25) is 4.79 Å². The van der Waals surface area contributed by atoms with Crippen molar-refractivity contribution >= 4 is 22.6 Å². The lowest BCUT2D eigenvalue weighted by atomic mass is 9.86. The second-order valence-corrected chi connectivity index (χ2v) is 10.6. The van der Waals surface area contributed by atoms with E-state index in [1.165, 1.54) is 0 Å².